The Hall–Kier alpha value is -2.22. The zero-order valence-corrected chi connectivity index (χ0v) is 13.2. The summed E-state index contributed by atoms with van der Waals surface area (Å²) >= 11 is 5.83. The van der Waals surface area contributed by atoms with Crippen molar-refractivity contribution in [3.05, 3.63) is 46.6 Å². The average Bonchev–Trinajstić information content (AvgIpc) is 2.96. The number of rotatable bonds is 2. The van der Waals surface area contributed by atoms with Gasteiger partial charge in [0.15, 0.2) is 6.04 Å². The first-order chi connectivity index (χ1) is 11.3. The molecule has 0 unspecified atom stereocenters. The molecular formula is C15H13ClF3N3O2. The van der Waals surface area contributed by atoms with E-state index < -0.39 is 24.2 Å². The van der Waals surface area contributed by atoms with E-state index in [0.29, 0.717) is 10.6 Å². The highest BCUT2D eigenvalue weighted by atomic mass is 35.5. The SMILES string of the molecule is COC(=O)c1cnn2c1N[C@@H](c1ccc(Cl)cc1)C[C@@H]2C(F)(F)F. The fourth-order valence-electron chi connectivity index (χ4n) is 2.74. The first-order valence-electron chi connectivity index (χ1n) is 7.05. The monoisotopic (exact) mass is 359 g/mol. The van der Waals surface area contributed by atoms with Crippen LogP contribution in [0.5, 0.6) is 0 Å². The normalized spacial score (nSPS) is 20.2. The topological polar surface area (TPSA) is 56.1 Å². The van der Waals surface area contributed by atoms with Crippen LogP contribution >= 0.6 is 11.6 Å². The summed E-state index contributed by atoms with van der Waals surface area (Å²) in [5.74, 6) is -0.753. The van der Waals surface area contributed by atoms with Crippen LogP contribution in [0.15, 0.2) is 30.5 Å². The third kappa shape index (κ3) is 2.93. The number of fused-ring (bicyclic) bond motifs is 1. The molecule has 1 N–H and O–H groups in total. The van der Waals surface area contributed by atoms with Crippen molar-refractivity contribution in [2.24, 2.45) is 0 Å². The van der Waals surface area contributed by atoms with Gasteiger partial charge in [-0.2, -0.15) is 18.3 Å². The van der Waals surface area contributed by atoms with Gasteiger partial charge in [0, 0.05) is 11.4 Å². The lowest BCUT2D eigenvalue weighted by atomic mass is 9.96. The van der Waals surface area contributed by atoms with E-state index >= 15 is 0 Å². The van der Waals surface area contributed by atoms with Gasteiger partial charge in [-0.05, 0) is 17.7 Å². The lowest BCUT2D eigenvalue weighted by Gasteiger charge is -2.34. The predicted octanol–water partition coefficient (Wildman–Crippen LogP) is 3.98. The van der Waals surface area contributed by atoms with Gasteiger partial charge in [0.05, 0.1) is 19.3 Å². The van der Waals surface area contributed by atoms with Gasteiger partial charge in [0.25, 0.3) is 0 Å². The predicted molar refractivity (Wildman–Crippen MR) is 81.1 cm³/mol. The fourth-order valence-corrected chi connectivity index (χ4v) is 2.86. The molecule has 3 rings (SSSR count). The quantitative estimate of drug-likeness (QED) is 0.824. The van der Waals surface area contributed by atoms with Crippen LogP contribution in [0.2, 0.25) is 5.02 Å². The Morgan fingerprint density at radius 2 is 2.04 bits per heavy atom. The van der Waals surface area contributed by atoms with E-state index in [0.717, 1.165) is 18.0 Å². The number of nitrogens with zero attached hydrogens (tertiary/aromatic N) is 2. The number of anilines is 1. The largest absolute Gasteiger partial charge is 0.465 e. The number of methoxy groups -OCH3 is 1. The summed E-state index contributed by atoms with van der Waals surface area (Å²) in [7, 11) is 1.16. The Balaban J connectivity index is 2.04. The van der Waals surface area contributed by atoms with E-state index in [1.807, 2.05) is 0 Å². The Kier molecular flexibility index (Phi) is 4.16. The third-order valence-corrected chi connectivity index (χ3v) is 4.17. The van der Waals surface area contributed by atoms with Crippen LogP contribution in [-0.2, 0) is 4.74 Å². The van der Waals surface area contributed by atoms with E-state index in [-0.39, 0.29) is 17.8 Å². The lowest BCUT2D eigenvalue weighted by molar-refractivity contribution is -0.173. The molecule has 24 heavy (non-hydrogen) atoms. The second-order valence-corrected chi connectivity index (χ2v) is 5.82. The molecule has 2 aromatic rings. The first kappa shape index (κ1) is 16.6. The summed E-state index contributed by atoms with van der Waals surface area (Å²) in [6.45, 7) is 0. The molecule has 0 saturated heterocycles. The first-order valence-corrected chi connectivity index (χ1v) is 7.43. The van der Waals surface area contributed by atoms with Crippen LogP contribution in [0.4, 0.5) is 19.0 Å². The van der Waals surface area contributed by atoms with Crippen molar-refractivity contribution in [1.29, 1.82) is 0 Å². The van der Waals surface area contributed by atoms with Gasteiger partial charge in [-0.25, -0.2) is 9.48 Å². The number of hydrogen-bond donors (Lipinski definition) is 1. The molecule has 2 heterocycles. The van der Waals surface area contributed by atoms with Crippen molar-refractivity contribution >= 4 is 23.4 Å². The highest BCUT2D eigenvalue weighted by Gasteiger charge is 2.47. The number of nitrogens with one attached hydrogen (secondary N) is 1. The van der Waals surface area contributed by atoms with Crippen molar-refractivity contribution in [3.63, 3.8) is 0 Å². The van der Waals surface area contributed by atoms with Crippen molar-refractivity contribution in [1.82, 2.24) is 9.78 Å². The Morgan fingerprint density at radius 3 is 2.62 bits per heavy atom. The number of halogens is 4. The second-order valence-electron chi connectivity index (χ2n) is 5.38. The van der Waals surface area contributed by atoms with Crippen LogP contribution in [-0.4, -0.2) is 29.0 Å². The van der Waals surface area contributed by atoms with Crippen LogP contribution in [0.25, 0.3) is 0 Å². The van der Waals surface area contributed by atoms with Gasteiger partial charge in [-0.15, -0.1) is 0 Å². The summed E-state index contributed by atoms with van der Waals surface area (Å²) in [4.78, 5) is 11.8. The number of carbonyl (C=O) groups is 1. The van der Waals surface area contributed by atoms with Crippen LogP contribution in [0.1, 0.15) is 34.4 Å². The molecule has 1 aromatic carbocycles. The smallest absolute Gasteiger partial charge is 0.410 e. The minimum Gasteiger partial charge on any atom is -0.465 e. The number of alkyl halides is 3. The summed E-state index contributed by atoms with van der Waals surface area (Å²) < 4.78 is 45.7. The van der Waals surface area contributed by atoms with Crippen molar-refractivity contribution in [2.45, 2.75) is 24.7 Å². The summed E-state index contributed by atoms with van der Waals surface area (Å²) in [5.41, 5.74) is 0.599. The molecular weight excluding hydrogens is 347 g/mol. The molecule has 128 valence electrons. The molecule has 2 atom stereocenters. The maximum atomic E-state index is 13.4. The number of hydrogen-bond acceptors (Lipinski definition) is 4. The van der Waals surface area contributed by atoms with Crippen molar-refractivity contribution in [2.75, 3.05) is 12.4 Å². The summed E-state index contributed by atoms with van der Waals surface area (Å²) in [6, 6.07) is 4.03. The van der Waals surface area contributed by atoms with E-state index in [9.17, 15) is 18.0 Å². The zero-order chi connectivity index (χ0) is 17.5. The molecule has 9 heteroatoms. The van der Waals surface area contributed by atoms with E-state index in [2.05, 4.69) is 15.2 Å². The Morgan fingerprint density at radius 1 is 1.38 bits per heavy atom. The standard InChI is InChI=1S/C15H13ClF3N3O2/c1-24-14(23)10-7-20-22-12(15(17,18)19)6-11(21-13(10)22)8-2-4-9(16)5-3-8/h2-5,7,11-12,21H,6H2,1H3/t11-,12-/m1/s1. The maximum Gasteiger partial charge on any atom is 0.410 e. The average molecular weight is 360 g/mol. The minimum atomic E-state index is -4.50. The number of ether oxygens (including phenoxy) is 1. The Labute approximate surface area is 140 Å². The summed E-state index contributed by atoms with van der Waals surface area (Å²) in [6.07, 6.45) is -3.67. The number of benzene rings is 1. The Bertz CT molecular complexity index is 758. The van der Waals surface area contributed by atoms with E-state index in [1.54, 1.807) is 24.3 Å². The molecule has 1 aliphatic rings. The summed E-state index contributed by atoms with van der Waals surface area (Å²) in [5, 5.41) is 7.17. The van der Waals surface area contributed by atoms with E-state index in [4.69, 9.17) is 11.6 Å². The molecule has 0 bridgehead atoms. The fraction of sp³-hybridized carbons (Fsp3) is 0.333. The number of aromatic nitrogens is 2. The minimum absolute atomic E-state index is 0.00428. The molecule has 0 radical (unpaired) electrons. The van der Waals surface area contributed by atoms with Gasteiger partial charge in [0.2, 0.25) is 0 Å². The highest BCUT2D eigenvalue weighted by molar-refractivity contribution is 6.30. The van der Waals surface area contributed by atoms with Crippen molar-refractivity contribution in [3.8, 4) is 0 Å². The molecule has 0 amide bonds. The molecule has 0 saturated carbocycles. The van der Waals surface area contributed by atoms with Crippen LogP contribution in [0, 0.1) is 0 Å². The lowest BCUT2D eigenvalue weighted by Crippen LogP contribution is -2.36. The third-order valence-electron chi connectivity index (χ3n) is 3.92. The maximum absolute atomic E-state index is 13.4. The molecule has 1 aromatic heterocycles. The second kappa shape index (κ2) is 6.01. The van der Waals surface area contributed by atoms with Gasteiger partial charge < -0.3 is 10.1 Å². The number of esters is 1. The van der Waals surface area contributed by atoms with E-state index in [1.165, 1.54) is 0 Å². The molecule has 0 aliphatic carbocycles. The molecule has 1 aliphatic heterocycles. The van der Waals surface area contributed by atoms with Gasteiger partial charge in [0.1, 0.15) is 11.4 Å². The molecule has 5 nitrogen and oxygen atoms in total. The van der Waals surface area contributed by atoms with Gasteiger partial charge in [-0.1, -0.05) is 23.7 Å². The van der Waals surface area contributed by atoms with Crippen LogP contribution in [0.3, 0.4) is 0 Å². The van der Waals surface area contributed by atoms with Crippen LogP contribution < -0.4 is 5.32 Å². The number of carbonyl (C=O) groups excluding carboxylic acids is 1. The molecule has 0 spiro atoms. The zero-order valence-electron chi connectivity index (χ0n) is 12.5. The van der Waals surface area contributed by atoms with Gasteiger partial charge >= 0.3 is 12.1 Å². The highest BCUT2D eigenvalue weighted by Crippen LogP contribution is 2.44. The van der Waals surface area contributed by atoms with Gasteiger partial charge in [-0.3, -0.25) is 0 Å². The molecule has 0 fully saturated rings. The van der Waals surface area contributed by atoms with Crippen molar-refractivity contribution < 1.29 is 22.7 Å².